The van der Waals surface area contributed by atoms with Crippen molar-refractivity contribution in [3.05, 3.63) is 41.2 Å². The van der Waals surface area contributed by atoms with E-state index in [0.29, 0.717) is 18.9 Å². The van der Waals surface area contributed by atoms with Crippen LogP contribution in [0.1, 0.15) is 48.5 Å². The number of pyridine rings is 1. The fraction of sp³-hybridized carbons (Fsp3) is 0.368. The number of hydrogen-bond donors (Lipinski definition) is 1. The van der Waals surface area contributed by atoms with Crippen molar-refractivity contribution in [2.75, 3.05) is 13.2 Å². The third-order valence-electron chi connectivity index (χ3n) is 4.26. The van der Waals surface area contributed by atoms with Gasteiger partial charge >= 0.3 is 5.97 Å². The first kappa shape index (κ1) is 16.5. The van der Waals surface area contributed by atoms with Crippen LogP contribution in [0.5, 0.6) is 0 Å². The quantitative estimate of drug-likeness (QED) is 0.710. The van der Waals surface area contributed by atoms with Crippen molar-refractivity contribution in [1.29, 1.82) is 0 Å². The summed E-state index contributed by atoms with van der Waals surface area (Å²) in [5.74, 6) is -0.384. The number of nitrogens with zero attached hydrogens (tertiary/aromatic N) is 1. The fourth-order valence-corrected chi connectivity index (χ4v) is 3.08. The minimum atomic E-state index is -0.384. The van der Waals surface area contributed by atoms with Crippen LogP contribution in [0, 0.1) is 6.92 Å². The van der Waals surface area contributed by atoms with Crippen LogP contribution in [0.4, 0.5) is 0 Å². The Hall–Kier alpha value is -2.40. The number of fused-ring (bicyclic) bond motifs is 3. The number of aromatic amines is 1. The van der Waals surface area contributed by atoms with Crippen molar-refractivity contribution < 1.29 is 14.3 Å². The molecule has 126 valence electrons. The molecule has 5 nitrogen and oxygen atoms in total. The molecule has 0 radical (unpaired) electrons. The summed E-state index contributed by atoms with van der Waals surface area (Å²) < 4.78 is 10.8. The lowest BCUT2D eigenvalue weighted by atomic mass is 10.0. The van der Waals surface area contributed by atoms with Crippen molar-refractivity contribution in [3.63, 3.8) is 0 Å². The SMILES string of the molecule is CCOC(=O)c1ncc2[nH]c3ccc(C(C)OCC)cc3c2c1C. The number of benzene rings is 1. The number of aromatic nitrogens is 2. The van der Waals surface area contributed by atoms with Crippen LogP contribution < -0.4 is 0 Å². The molecule has 1 unspecified atom stereocenters. The molecule has 0 fully saturated rings. The second-order valence-electron chi connectivity index (χ2n) is 5.77. The maximum atomic E-state index is 12.1. The standard InChI is InChI=1S/C19H22N2O3/c1-5-23-12(4)13-7-8-15-14(9-13)17-11(3)18(19(22)24-6-2)20-10-16(17)21-15/h7-10,12,21H,5-6H2,1-4H3. The van der Waals surface area contributed by atoms with E-state index in [1.165, 1.54) is 0 Å². The van der Waals surface area contributed by atoms with E-state index in [-0.39, 0.29) is 12.1 Å². The van der Waals surface area contributed by atoms with Gasteiger partial charge in [-0.3, -0.25) is 0 Å². The van der Waals surface area contributed by atoms with Gasteiger partial charge in [0.05, 0.1) is 24.4 Å². The zero-order valence-electron chi connectivity index (χ0n) is 14.5. The first-order valence-corrected chi connectivity index (χ1v) is 8.26. The largest absolute Gasteiger partial charge is 0.461 e. The molecule has 0 saturated heterocycles. The summed E-state index contributed by atoms with van der Waals surface area (Å²) in [6.07, 6.45) is 1.72. The smallest absolute Gasteiger partial charge is 0.357 e. The summed E-state index contributed by atoms with van der Waals surface area (Å²) >= 11 is 0. The number of carbonyl (C=O) groups excluding carboxylic acids is 1. The fourth-order valence-electron chi connectivity index (χ4n) is 3.08. The minimum absolute atomic E-state index is 0.0241. The van der Waals surface area contributed by atoms with Crippen LogP contribution in [0.3, 0.4) is 0 Å². The minimum Gasteiger partial charge on any atom is -0.461 e. The third kappa shape index (κ3) is 2.76. The normalized spacial score (nSPS) is 12.7. The van der Waals surface area contributed by atoms with Crippen LogP contribution >= 0.6 is 0 Å². The van der Waals surface area contributed by atoms with Crippen LogP contribution in [0.15, 0.2) is 24.4 Å². The molecule has 1 aromatic carbocycles. The van der Waals surface area contributed by atoms with E-state index in [1.807, 2.05) is 26.8 Å². The highest BCUT2D eigenvalue weighted by molar-refractivity contribution is 6.11. The number of carbonyl (C=O) groups is 1. The Balaban J connectivity index is 2.19. The Morgan fingerprint density at radius 2 is 2.04 bits per heavy atom. The molecule has 3 rings (SSSR count). The maximum Gasteiger partial charge on any atom is 0.357 e. The summed E-state index contributed by atoms with van der Waals surface area (Å²) in [5, 5.41) is 2.08. The van der Waals surface area contributed by atoms with E-state index in [1.54, 1.807) is 13.1 Å². The molecular weight excluding hydrogens is 304 g/mol. The molecule has 0 amide bonds. The van der Waals surface area contributed by atoms with Gasteiger partial charge < -0.3 is 14.5 Å². The van der Waals surface area contributed by atoms with E-state index in [2.05, 4.69) is 22.1 Å². The summed E-state index contributed by atoms with van der Waals surface area (Å²) in [5.41, 5.74) is 4.24. The summed E-state index contributed by atoms with van der Waals surface area (Å²) in [6.45, 7) is 8.73. The van der Waals surface area contributed by atoms with Crippen molar-refractivity contribution >= 4 is 27.8 Å². The third-order valence-corrected chi connectivity index (χ3v) is 4.26. The van der Waals surface area contributed by atoms with E-state index in [0.717, 1.165) is 32.9 Å². The molecule has 0 aliphatic carbocycles. The van der Waals surface area contributed by atoms with Gasteiger partial charge in [-0.1, -0.05) is 6.07 Å². The average molecular weight is 326 g/mol. The zero-order chi connectivity index (χ0) is 17.3. The van der Waals surface area contributed by atoms with Gasteiger partial charge in [-0.15, -0.1) is 0 Å². The number of H-pyrrole nitrogens is 1. The Labute approximate surface area is 141 Å². The predicted octanol–water partition coefficient (Wildman–Crippen LogP) is 4.30. The van der Waals surface area contributed by atoms with Gasteiger partial charge in [0.1, 0.15) is 0 Å². The summed E-state index contributed by atoms with van der Waals surface area (Å²) in [7, 11) is 0. The molecule has 3 aromatic rings. The number of nitrogens with one attached hydrogen (secondary N) is 1. The number of ether oxygens (including phenoxy) is 2. The Bertz CT molecular complexity index is 898. The number of esters is 1. The molecule has 2 heterocycles. The van der Waals surface area contributed by atoms with Crippen molar-refractivity contribution in [2.24, 2.45) is 0 Å². The molecule has 2 aromatic heterocycles. The van der Waals surface area contributed by atoms with Gasteiger partial charge in [-0.25, -0.2) is 9.78 Å². The predicted molar refractivity (Wildman–Crippen MR) is 94.3 cm³/mol. The van der Waals surface area contributed by atoms with Crippen molar-refractivity contribution in [2.45, 2.75) is 33.8 Å². The highest BCUT2D eigenvalue weighted by Gasteiger charge is 2.18. The molecule has 1 atom stereocenters. The molecule has 0 spiro atoms. The van der Waals surface area contributed by atoms with Gasteiger partial charge in [0, 0.05) is 22.9 Å². The molecular formula is C19H22N2O3. The van der Waals surface area contributed by atoms with Crippen LogP contribution in [-0.4, -0.2) is 29.2 Å². The van der Waals surface area contributed by atoms with Crippen LogP contribution in [0.2, 0.25) is 0 Å². The number of aryl methyl sites for hydroxylation is 1. The topological polar surface area (TPSA) is 64.2 Å². The Morgan fingerprint density at radius 1 is 1.25 bits per heavy atom. The molecule has 1 N–H and O–H groups in total. The van der Waals surface area contributed by atoms with E-state index >= 15 is 0 Å². The lowest BCUT2D eigenvalue weighted by Crippen LogP contribution is -2.09. The molecule has 24 heavy (non-hydrogen) atoms. The van der Waals surface area contributed by atoms with E-state index in [9.17, 15) is 4.79 Å². The lowest BCUT2D eigenvalue weighted by molar-refractivity contribution is 0.0519. The van der Waals surface area contributed by atoms with Gasteiger partial charge in [0.25, 0.3) is 0 Å². The van der Waals surface area contributed by atoms with Crippen molar-refractivity contribution in [3.8, 4) is 0 Å². The molecule has 5 heteroatoms. The molecule has 0 aliphatic heterocycles. The van der Waals surface area contributed by atoms with Gasteiger partial charge in [0.15, 0.2) is 5.69 Å². The molecule has 0 bridgehead atoms. The second-order valence-corrected chi connectivity index (χ2v) is 5.77. The highest BCUT2D eigenvalue weighted by Crippen LogP contribution is 2.31. The lowest BCUT2D eigenvalue weighted by Gasteiger charge is -2.12. The van der Waals surface area contributed by atoms with Gasteiger partial charge in [0.2, 0.25) is 0 Å². The first-order chi connectivity index (χ1) is 11.6. The van der Waals surface area contributed by atoms with Crippen molar-refractivity contribution in [1.82, 2.24) is 9.97 Å². The van der Waals surface area contributed by atoms with Crippen LogP contribution in [0.25, 0.3) is 21.8 Å². The highest BCUT2D eigenvalue weighted by atomic mass is 16.5. The zero-order valence-corrected chi connectivity index (χ0v) is 14.5. The van der Waals surface area contributed by atoms with Gasteiger partial charge in [-0.2, -0.15) is 0 Å². The van der Waals surface area contributed by atoms with E-state index in [4.69, 9.17) is 9.47 Å². The average Bonchev–Trinajstić information content (AvgIpc) is 2.93. The van der Waals surface area contributed by atoms with E-state index < -0.39 is 0 Å². The number of hydrogen-bond acceptors (Lipinski definition) is 4. The number of rotatable bonds is 5. The Morgan fingerprint density at radius 3 is 2.75 bits per heavy atom. The maximum absolute atomic E-state index is 12.1. The molecule has 0 aliphatic rings. The van der Waals surface area contributed by atoms with Crippen LogP contribution in [-0.2, 0) is 9.47 Å². The summed E-state index contributed by atoms with van der Waals surface area (Å²) in [4.78, 5) is 19.7. The Kier molecular flexibility index (Phi) is 4.53. The summed E-state index contributed by atoms with van der Waals surface area (Å²) in [6, 6.07) is 6.23. The molecule has 0 saturated carbocycles. The first-order valence-electron chi connectivity index (χ1n) is 8.26. The monoisotopic (exact) mass is 326 g/mol. The van der Waals surface area contributed by atoms with Gasteiger partial charge in [-0.05, 0) is 51.0 Å². The second kappa shape index (κ2) is 6.61.